The van der Waals surface area contributed by atoms with Crippen LogP contribution in [0.3, 0.4) is 0 Å². The Balaban J connectivity index is 0.00000312. The first-order valence-corrected chi connectivity index (χ1v) is 8.46. The second-order valence-corrected chi connectivity index (χ2v) is 5.94. The second-order valence-electron chi connectivity index (χ2n) is 5.94. The highest BCUT2D eigenvalue weighted by atomic mass is 127. The number of rotatable bonds is 8. The minimum absolute atomic E-state index is 0. The third-order valence-electron chi connectivity index (χ3n) is 3.77. The maximum absolute atomic E-state index is 5.74. The van der Waals surface area contributed by atoms with Crippen LogP contribution in [-0.4, -0.2) is 64.6 Å². The quantitative estimate of drug-likeness (QED) is 0.264. The number of anilines is 1. The third kappa shape index (κ3) is 8.19. The fourth-order valence-electron chi connectivity index (χ4n) is 2.38. The van der Waals surface area contributed by atoms with Gasteiger partial charge in [-0.25, -0.2) is 4.98 Å². The van der Waals surface area contributed by atoms with Gasteiger partial charge in [-0.3, -0.25) is 4.99 Å². The van der Waals surface area contributed by atoms with Crippen LogP contribution >= 0.6 is 24.0 Å². The minimum Gasteiger partial charge on any atom is -0.379 e. The molecule has 2 heterocycles. The SMILES string of the molecule is CN=C(NCCCOC1CCOC1)NCc1cccc(N(C)C)n1.I. The van der Waals surface area contributed by atoms with E-state index in [1.165, 1.54) is 0 Å². The van der Waals surface area contributed by atoms with E-state index < -0.39 is 0 Å². The fraction of sp³-hybridized carbons (Fsp3) is 0.647. The van der Waals surface area contributed by atoms with Crippen molar-refractivity contribution < 1.29 is 9.47 Å². The molecule has 25 heavy (non-hydrogen) atoms. The van der Waals surface area contributed by atoms with Crippen LogP contribution in [0.15, 0.2) is 23.2 Å². The summed E-state index contributed by atoms with van der Waals surface area (Å²) in [7, 11) is 5.74. The van der Waals surface area contributed by atoms with Gasteiger partial charge in [-0.15, -0.1) is 24.0 Å². The van der Waals surface area contributed by atoms with Crippen molar-refractivity contribution in [3.63, 3.8) is 0 Å². The standard InChI is InChI=1S/C17H29N5O2.HI/c1-18-17(19-9-5-10-24-15-8-11-23-13-15)20-12-14-6-4-7-16(21-14)22(2)3;/h4,6-7,15H,5,8-13H2,1-3H3,(H2,18,19,20);1H. The van der Waals surface area contributed by atoms with Gasteiger partial charge in [0.15, 0.2) is 5.96 Å². The van der Waals surface area contributed by atoms with Gasteiger partial charge in [0.25, 0.3) is 0 Å². The molecule has 1 aromatic rings. The van der Waals surface area contributed by atoms with E-state index in [9.17, 15) is 0 Å². The van der Waals surface area contributed by atoms with Crippen molar-refractivity contribution in [2.45, 2.75) is 25.5 Å². The van der Waals surface area contributed by atoms with Crippen molar-refractivity contribution >= 4 is 35.8 Å². The van der Waals surface area contributed by atoms with Crippen LogP contribution in [0.2, 0.25) is 0 Å². The molecule has 0 saturated carbocycles. The maximum Gasteiger partial charge on any atom is 0.191 e. The molecule has 142 valence electrons. The highest BCUT2D eigenvalue weighted by Gasteiger charge is 2.15. The van der Waals surface area contributed by atoms with Gasteiger partial charge in [-0.1, -0.05) is 6.07 Å². The zero-order valence-electron chi connectivity index (χ0n) is 15.3. The normalized spacial score (nSPS) is 17.1. The van der Waals surface area contributed by atoms with Gasteiger partial charge < -0.3 is 25.0 Å². The number of aliphatic imine (C=N–C) groups is 1. The van der Waals surface area contributed by atoms with Crippen LogP contribution in [-0.2, 0) is 16.0 Å². The molecule has 1 saturated heterocycles. The molecule has 0 aliphatic carbocycles. The summed E-state index contributed by atoms with van der Waals surface area (Å²) in [6.07, 6.45) is 2.22. The molecule has 7 nitrogen and oxygen atoms in total. The monoisotopic (exact) mass is 463 g/mol. The number of nitrogens with zero attached hydrogens (tertiary/aromatic N) is 3. The van der Waals surface area contributed by atoms with Gasteiger partial charge in [0.05, 0.1) is 24.9 Å². The van der Waals surface area contributed by atoms with Crippen molar-refractivity contribution in [3.05, 3.63) is 23.9 Å². The number of pyridine rings is 1. The number of nitrogens with one attached hydrogen (secondary N) is 2. The van der Waals surface area contributed by atoms with Gasteiger partial charge in [0, 0.05) is 40.9 Å². The molecule has 1 aliphatic heterocycles. The fourth-order valence-corrected chi connectivity index (χ4v) is 2.38. The van der Waals surface area contributed by atoms with Crippen molar-refractivity contribution in [2.24, 2.45) is 4.99 Å². The minimum atomic E-state index is 0. The van der Waals surface area contributed by atoms with E-state index >= 15 is 0 Å². The largest absolute Gasteiger partial charge is 0.379 e. The third-order valence-corrected chi connectivity index (χ3v) is 3.77. The lowest BCUT2D eigenvalue weighted by Crippen LogP contribution is -2.37. The smallest absolute Gasteiger partial charge is 0.191 e. The Bertz CT molecular complexity index is 522. The Morgan fingerprint density at radius 1 is 1.40 bits per heavy atom. The van der Waals surface area contributed by atoms with Crippen LogP contribution in [0.5, 0.6) is 0 Å². The van der Waals surface area contributed by atoms with E-state index in [0.29, 0.717) is 6.54 Å². The van der Waals surface area contributed by atoms with Crippen LogP contribution in [0.1, 0.15) is 18.5 Å². The number of halogens is 1. The Morgan fingerprint density at radius 3 is 2.92 bits per heavy atom. The van der Waals surface area contributed by atoms with Gasteiger partial charge in [-0.05, 0) is 25.0 Å². The van der Waals surface area contributed by atoms with Gasteiger partial charge in [-0.2, -0.15) is 0 Å². The first kappa shape index (κ1) is 21.9. The second kappa shape index (κ2) is 12.3. The summed E-state index contributed by atoms with van der Waals surface area (Å²) in [5, 5.41) is 6.57. The lowest BCUT2D eigenvalue weighted by molar-refractivity contribution is 0.0420. The first-order valence-electron chi connectivity index (χ1n) is 8.46. The molecule has 0 bridgehead atoms. The molecule has 1 aliphatic rings. The van der Waals surface area contributed by atoms with Crippen LogP contribution in [0.25, 0.3) is 0 Å². The predicted molar refractivity (Wildman–Crippen MR) is 112 cm³/mol. The Morgan fingerprint density at radius 2 is 2.24 bits per heavy atom. The number of ether oxygens (including phenoxy) is 2. The molecule has 1 aromatic heterocycles. The molecule has 2 N–H and O–H groups in total. The first-order chi connectivity index (χ1) is 11.7. The average Bonchev–Trinajstić information content (AvgIpc) is 3.11. The summed E-state index contributed by atoms with van der Waals surface area (Å²) >= 11 is 0. The number of hydrogen-bond donors (Lipinski definition) is 2. The van der Waals surface area contributed by atoms with E-state index in [1.54, 1.807) is 7.05 Å². The van der Waals surface area contributed by atoms with Crippen LogP contribution in [0.4, 0.5) is 5.82 Å². The number of aromatic nitrogens is 1. The zero-order valence-corrected chi connectivity index (χ0v) is 17.7. The number of hydrogen-bond acceptors (Lipinski definition) is 5. The molecule has 8 heteroatoms. The molecule has 1 fully saturated rings. The van der Waals surface area contributed by atoms with E-state index in [1.807, 2.05) is 37.2 Å². The summed E-state index contributed by atoms with van der Waals surface area (Å²) in [6, 6.07) is 6.01. The van der Waals surface area contributed by atoms with Gasteiger partial charge in [0.1, 0.15) is 5.82 Å². The van der Waals surface area contributed by atoms with E-state index in [4.69, 9.17) is 9.47 Å². The van der Waals surface area contributed by atoms with E-state index in [0.717, 1.165) is 56.7 Å². The van der Waals surface area contributed by atoms with Crippen LogP contribution < -0.4 is 15.5 Å². The highest BCUT2D eigenvalue weighted by molar-refractivity contribution is 14.0. The molecule has 0 spiro atoms. The van der Waals surface area contributed by atoms with Gasteiger partial charge >= 0.3 is 0 Å². The summed E-state index contributed by atoms with van der Waals surface area (Å²) in [5.41, 5.74) is 0.980. The molecule has 2 rings (SSSR count). The maximum atomic E-state index is 5.74. The summed E-state index contributed by atoms with van der Waals surface area (Å²) < 4.78 is 11.0. The van der Waals surface area contributed by atoms with Crippen LogP contribution in [0, 0.1) is 0 Å². The van der Waals surface area contributed by atoms with Crippen molar-refractivity contribution in [1.29, 1.82) is 0 Å². The molecule has 0 amide bonds. The molecule has 0 aromatic carbocycles. The van der Waals surface area contributed by atoms with E-state index in [-0.39, 0.29) is 30.1 Å². The highest BCUT2D eigenvalue weighted by Crippen LogP contribution is 2.08. The Kier molecular flexibility index (Phi) is 10.7. The molecular formula is C17H30IN5O2. The summed E-state index contributed by atoms with van der Waals surface area (Å²) in [4.78, 5) is 10.8. The zero-order chi connectivity index (χ0) is 17.2. The average molecular weight is 463 g/mol. The van der Waals surface area contributed by atoms with Crippen molar-refractivity contribution in [1.82, 2.24) is 15.6 Å². The lowest BCUT2D eigenvalue weighted by atomic mass is 10.3. The predicted octanol–water partition coefficient (Wildman–Crippen LogP) is 1.63. The summed E-state index contributed by atoms with van der Waals surface area (Å²) in [5.74, 6) is 1.72. The number of guanidine groups is 1. The van der Waals surface area contributed by atoms with Crippen molar-refractivity contribution in [2.75, 3.05) is 52.4 Å². The topological polar surface area (TPSA) is 71.0 Å². The summed E-state index contributed by atoms with van der Waals surface area (Å²) in [6.45, 7) is 3.75. The van der Waals surface area contributed by atoms with E-state index in [2.05, 4.69) is 20.6 Å². The molecule has 1 atom stereocenters. The Labute approximate surface area is 167 Å². The lowest BCUT2D eigenvalue weighted by Gasteiger charge is -2.14. The molecule has 1 unspecified atom stereocenters. The molecule has 0 radical (unpaired) electrons. The van der Waals surface area contributed by atoms with Crippen molar-refractivity contribution in [3.8, 4) is 0 Å². The Hall–Kier alpha value is -1.13. The van der Waals surface area contributed by atoms with Gasteiger partial charge in [0.2, 0.25) is 0 Å². The molecular weight excluding hydrogens is 433 g/mol.